The van der Waals surface area contributed by atoms with E-state index < -0.39 is 0 Å². The van der Waals surface area contributed by atoms with Crippen molar-refractivity contribution in [3.63, 3.8) is 0 Å². The molecule has 0 aliphatic carbocycles. The van der Waals surface area contributed by atoms with Gasteiger partial charge in [-0.25, -0.2) is 0 Å². The summed E-state index contributed by atoms with van der Waals surface area (Å²) in [6, 6.07) is 18.9. The Kier molecular flexibility index (Phi) is 4.32. The third-order valence-electron chi connectivity index (χ3n) is 2.65. The summed E-state index contributed by atoms with van der Waals surface area (Å²) in [4.78, 5) is 12.1. The van der Waals surface area contributed by atoms with Gasteiger partial charge in [-0.15, -0.1) is 11.6 Å². The van der Waals surface area contributed by atoms with Crippen LogP contribution in [-0.2, 0) is 0 Å². The third-order valence-corrected chi connectivity index (χ3v) is 2.94. The first-order valence-corrected chi connectivity index (χ1v) is 6.26. The quantitative estimate of drug-likeness (QED) is 0.455. The van der Waals surface area contributed by atoms with E-state index in [1.165, 1.54) is 0 Å². The molecular formula is C16H13ClO. The summed E-state index contributed by atoms with van der Waals surface area (Å²) in [6.07, 6.45) is 1.61. The summed E-state index contributed by atoms with van der Waals surface area (Å²) in [6.45, 7) is 0. The van der Waals surface area contributed by atoms with E-state index in [4.69, 9.17) is 11.6 Å². The van der Waals surface area contributed by atoms with Crippen molar-refractivity contribution in [1.29, 1.82) is 0 Å². The standard InChI is InChI=1S/C16H13ClO/c17-12-15(13-7-3-1-4-8-13)11-16(18)14-9-5-2-6-10-14/h1-11H,12H2. The van der Waals surface area contributed by atoms with E-state index in [1.54, 1.807) is 18.2 Å². The van der Waals surface area contributed by atoms with Gasteiger partial charge in [0.1, 0.15) is 0 Å². The SMILES string of the molecule is O=C(C=C(CCl)c1ccccc1)c1ccccc1. The van der Waals surface area contributed by atoms with Crippen LogP contribution >= 0.6 is 11.6 Å². The second-order valence-electron chi connectivity index (χ2n) is 3.90. The monoisotopic (exact) mass is 256 g/mol. The predicted molar refractivity (Wildman–Crippen MR) is 75.9 cm³/mol. The molecule has 2 aromatic carbocycles. The molecule has 0 aliphatic rings. The van der Waals surface area contributed by atoms with Gasteiger partial charge in [-0.05, 0) is 17.2 Å². The van der Waals surface area contributed by atoms with Crippen molar-refractivity contribution in [3.05, 3.63) is 77.9 Å². The Bertz CT molecular complexity index is 544. The molecule has 0 N–H and O–H groups in total. The Hall–Kier alpha value is -1.86. The number of alkyl halides is 1. The van der Waals surface area contributed by atoms with Gasteiger partial charge in [0.05, 0.1) is 0 Å². The van der Waals surface area contributed by atoms with Crippen LogP contribution in [0.3, 0.4) is 0 Å². The predicted octanol–water partition coefficient (Wildman–Crippen LogP) is 4.19. The number of hydrogen-bond donors (Lipinski definition) is 0. The Morgan fingerprint density at radius 2 is 1.39 bits per heavy atom. The summed E-state index contributed by atoms with van der Waals surface area (Å²) in [7, 11) is 0. The second-order valence-corrected chi connectivity index (χ2v) is 4.17. The van der Waals surface area contributed by atoms with Crippen molar-refractivity contribution in [2.24, 2.45) is 0 Å². The van der Waals surface area contributed by atoms with Gasteiger partial charge in [0.2, 0.25) is 0 Å². The van der Waals surface area contributed by atoms with Crippen LogP contribution in [0.5, 0.6) is 0 Å². The van der Waals surface area contributed by atoms with E-state index in [0.29, 0.717) is 11.4 Å². The number of allylic oxidation sites excluding steroid dienone is 2. The fourth-order valence-corrected chi connectivity index (χ4v) is 1.93. The average Bonchev–Trinajstić information content (AvgIpc) is 2.46. The highest BCUT2D eigenvalue weighted by Gasteiger charge is 2.05. The Labute approximate surface area is 112 Å². The highest BCUT2D eigenvalue weighted by atomic mass is 35.5. The first-order chi connectivity index (χ1) is 8.81. The molecule has 0 aromatic heterocycles. The number of benzene rings is 2. The van der Waals surface area contributed by atoms with Gasteiger partial charge in [-0.3, -0.25) is 4.79 Å². The zero-order chi connectivity index (χ0) is 12.8. The zero-order valence-corrected chi connectivity index (χ0v) is 10.6. The van der Waals surface area contributed by atoms with Crippen molar-refractivity contribution >= 4 is 23.0 Å². The maximum absolute atomic E-state index is 12.1. The largest absolute Gasteiger partial charge is 0.289 e. The normalized spacial score (nSPS) is 11.3. The van der Waals surface area contributed by atoms with E-state index in [9.17, 15) is 4.79 Å². The van der Waals surface area contributed by atoms with E-state index in [-0.39, 0.29) is 5.78 Å². The highest BCUT2D eigenvalue weighted by molar-refractivity contribution is 6.24. The minimum Gasteiger partial charge on any atom is -0.289 e. The lowest BCUT2D eigenvalue weighted by molar-refractivity contribution is 0.104. The average molecular weight is 257 g/mol. The molecule has 0 saturated carbocycles. The van der Waals surface area contributed by atoms with Crippen molar-refractivity contribution < 1.29 is 4.79 Å². The summed E-state index contributed by atoms with van der Waals surface area (Å²) in [5.41, 5.74) is 2.50. The molecule has 0 atom stereocenters. The second kappa shape index (κ2) is 6.18. The number of carbonyl (C=O) groups excluding carboxylic acids is 1. The molecule has 0 bridgehead atoms. The molecule has 0 radical (unpaired) electrons. The number of halogens is 1. The molecule has 0 fully saturated rings. The third kappa shape index (κ3) is 3.08. The van der Waals surface area contributed by atoms with Crippen LogP contribution in [0.25, 0.3) is 5.57 Å². The first-order valence-electron chi connectivity index (χ1n) is 5.72. The smallest absolute Gasteiger partial charge is 0.186 e. The Morgan fingerprint density at radius 3 is 1.89 bits per heavy atom. The lowest BCUT2D eigenvalue weighted by Crippen LogP contribution is -1.97. The summed E-state index contributed by atoms with van der Waals surface area (Å²) >= 11 is 5.91. The molecule has 18 heavy (non-hydrogen) atoms. The zero-order valence-electron chi connectivity index (χ0n) is 9.84. The van der Waals surface area contributed by atoms with Crippen LogP contribution in [0.4, 0.5) is 0 Å². The van der Waals surface area contributed by atoms with Crippen LogP contribution < -0.4 is 0 Å². The highest BCUT2D eigenvalue weighted by Crippen LogP contribution is 2.16. The molecule has 0 unspecified atom stereocenters. The van der Waals surface area contributed by atoms with Gasteiger partial charge in [0, 0.05) is 11.4 Å². The van der Waals surface area contributed by atoms with Gasteiger partial charge >= 0.3 is 0 Å². The summed E-state index contributed by atoms with van der Waals surface area (Å²) < 4.78 is 0. The molecular weight excluding hydrogens is 244 g/mol. The number of rotatable bonds is 4. The maximum Gasteiger partial charge on any atom is 0.186 e. The van der Waals surface area contributed by atoms with Gasteiger partial charge in [-0.2, -0.15) is 0 Å². The van der Waals surface area contributed by atoms with Crippen molar-refractivity contribution in [2.75, 3.05) is 5.88 Å². The molecule has 2 aromatic rings. The van der Waals surface area contributed by atoms with Crippen molar-refractivity contribution in [1.82, 2.24) is 0 Å². The molecule has 0 aliphatic heterocycles. The van der Waals surface area contributed by atoms with Crippen LogP contribution in [-0.4, -0.2) is 11.7 Å². The minimum atomic E-state index is -0.0184. The van der Waals surface area contributed by atoms with Crippen LogP contribution in [0.15, 0.2) is 66.7 Å². The summed E-state index contributed by atoms with van der Waals surface area (Å²) in [5, 5.41) is 0. The Morgan fingerprint density at radius 1 is 0.889 bits per heavy atom. The lowest BCUT2D eigenvalue weighted by Gasteiger charge is -2.03. The van der Waals surface area contributed by atoms with Crippen LogP contribution in [0.1, 0.15) is 15.9 Å². The number of carbonyl (C=O) groups is 1. The first kappa shape index (κ1) is 12.6. The van der Waals surface area contributed by atoms with Crippen LogP contribution in [0, 0.1) is 0 Å². The van der Waals surface area contributed by atoms with Gasteiger partial charge in [0.25, 0.3) is 0 Å². The van der Waals surface area contributed by atoms with Gasteiger partial charge in [0.15, 0.2) is 5.78 Å². The van der Waals surface area contributed by atoms with Gasteiger partial charge < -0.3 is 0 Å². The topological polar surface area (TPSA) is 17.1 Å². The van der Waals surface area contributed by atoms with Crippen LogP contribution in [0.2, 0.25) is 0 Å². The van der Waals surface area contributed by atoms with E-state index >= 15 is 0 Å². The molecule has 2 rings (SSSR count). The molecule has 0 spiro atoms. The lowest BCUT2D eigenvalue weighted by atomic mass is 10.0. The van der Waals surface area contributed by atoms with E-state index in [0.717, 1.165) is 11.1 Å². The number of hydrogen-bond acceptors (Lipinski definition) is 1. The van der Waals surface area contributed by atoms with Crippen molar-refractivity contribution in [3.8, 4) is 0 Å². The molecule has 1 nitrogen and oxygen atoms in total. The van der Waals surface area contributed by atoms with Gasteiger partial charge in [-0.1, -0.05) is 60.7 Å². The molecule has 2 heteroatoms. The molecule has 0 heterocycles. The van der Waals surface area contributed by atoms with E-state index in [2.05, 4.69) is 0 Å². The molecule has 0 saturated heterocycles. The summed E-state index contributed by atoms with van der Waals surface area (Å²) in [5.74, 6) is 0.304. The molecule has 0 amide bonds. The minimum absolute atomic E-state index is 0.0184. The van der Waals surface area contributed by atoms with Crippen molar-refractivity contribution in [2.45, 2.75) is 0 Å². The fourth-order valence-electron chi connectivity index (χ4n) is 1.70. The van der Waals surface area contributed by atoms with E-state index in [1.807, 2.05) is 48.5 Å². The Balaban J connectivity index is 2.29. The fraction of sp³-hybridized carbons (Fsp3) is 0.0625. The maximum atomic E-state index is 12.1. The molecule has 90 valence electrons. The number of ketones is 1.